The van der Waals surface area contributed by atoms with Gasteiger partial charge in [-0.15, -0.1) is 0 Å². The molecule has 2 aliphatic heterocycles. The number of nitrogens with zero attached hydrogens (tertiary/aromatic N) is 1. The van der Waals surface area contributed by atoms with Gasteiger partial charge in [0.25, 0.3) is 0 Å². The maximum Gasteiger partial charge on any atom is 0.123 e. The molecule has 4 heteroatoms. The zero-order valence-corrected chi connectivity index (χ0v) is 12.2. The van der Waals surface area contributed by atoms with Crippen molar-refractivity contribution in [3.05, 3.63) is 29.8 Å². The van der Waals surface area contributed by atoms with Gasteiger partial charge in [-0.3, -0.25) is 4.90 Å². The van der Waals surface area contributed by atoms with Gasteiger partial charge in [0.2, 0.25) is 0 Å². The molecule has 0 aliphatic carbocycles. The summed E-state index contributed by atoms with van der Waals surface area (Å²) in [6, 6.07) is 8.73. The maximum atomic E-state index is 5.89. The van der Waals surface area contributed by atoms with Crippen molar-refractivity contribution in [2.75, 3.05) is 27.4 Å². The van der Waals surface area contributed by atoms with Crippen LogP contribution < -0.4 is 4.74 Å². The van der Waals surface area contributed by atoms with Crippen LogP contribution in [-0.4, -0.2) is 50.5 Å². The summed E-state index contributed by atoms with van der Waals surface area (Å²) in [7, 11) is 3.52. The Balaban J connectivity index is 1.74. The second kappa shape index (κ2) is 6.12. The molecule has 1 aromatic carbocycles. The standard InChI is InChI=1S/C16H23NO3/c1-18-14-6-4-3-5-12(14)11-17-9-7-15(19-2)16-13(17)8-10-20-16/h3-6,13,15-16H,7-11H2,1-2H3/t13-,15-,16-/m0/s1. The lowest BCUT2D eigenvalue weighted by molar-refractivity contribution is -0.0845. The van der Waals surface area contributed by atoms with Gasteiger partial charge in [0.1, 0.15) is 5.75 Å². The number of methoxy groups -OCH3 is 2. The van der Waals surface area contributed by atoms with E-state index in [1.54, 1.807) is 14.2 Å². The Hall–Kier alpha value is -1.10. The molecule has 2 saturated heterocycles. The first-order valence-corrected chi connectivity index (χ1v) is 7.34. The molecule has 0 amide bonds. The van der Waals surface area contributed by atoms with Crippen molar-refractivity contribution in [1.29, 1.82) is 0 Å². The van der Waals surface area contributed by atoms with Crippen molar-refractivity contribution in [2.24, 2.45) is 0 Å². The van der Waals surface area contributed by atoms with E-state index in [0.29, 0.717) is 6.04 Å². The van der Waals surface area contributed by atoms with Gasteiger partial charge in [0, 0.05) is 38.4 Å². The highest BCUT2D eigenvalue weighted by Crippen LogP contribution is 2.32. The summed E-state index contributed by atoms with van der Waals surface area (Å²) >= 11 is 0. The Morgan fingerprint density at radius 1 is 1.25 bits per heavy atom. The molecule has 0 spiro atoms. The van der Waals surface area contributed by atoms with E-state index in [-0.39, 0.29) is 12.2 Å². The second-order valence-electron chi connectivity index (χ2n) is 5.54. The molecule has 0 N–H and O–H groups in total. The smallest absolute Gasteiger partial charge is 0.123 e. The van der Waals surface area contributed by atoms with Crippen LogP contribution >= 0.6 is 0 Å². The zero-order chi connectivity index (χ0) is 13.9. The lowest BCUT2D eigenvalue weighted by Gasteiger charge is -2.40. The van der Waals surface area contributed by atoms with E-state index >= 15 is 0 Å². The first kappa shape index (κ1) is 13.9. The molecule has 2 aliphatic rings. The van der Waals surface area contributed by atoms with Crippen molar-refractivity contribution >= 4 is 0 Å². The highest BCUT2D eigenvalue weighted by molar-refractivity contribution is 5.33. The van der Waals surface area contributed by atoms with E-state index in [2.05, 4.69) is 17.0 Å². The first-order chi connectivity index (χ1) is 9.83. The Kier molecular flexibility index (Phi) is 4.24. The zero-order valence-electron chi connectivity index (χ0n) is 12.2. The van der Waals surface area contributed by atoms with E-state index in [1.807, 2.05) is 12.1 Å². The summed E-state index contributed by atoms with van der Waals surface area (Å²) in [5.41, 5.74) is 1.25. The fraction of sp³-hybridized carbons (Fsp3) is 0.625. The van der Waals surface area contributed by atoms with Gasteiger partial charge < -0.3 is 14.2 Å². The number of ether oxygens (including phenoxy) is 3. The topological polar surface area (TPSA) is 30.9 Å². The molecular formula is C16H23NO3. The van der Waals surface area contributed by atoms with Crippen molar-refractivity contribution in [1.82, 2.24) is 4.90 Å². The minimum atomic E-state index is 0.225. The van der Waals surface area contributed by atoms with E-state index in [4.69, 9.17) is 14.2 Å². The minimum Gasteiger partial charge on any atom is -0.496 e. The van der Waals surface area contributed by atoms with Gasteiger partial charge in [-0.1, -0.05) is 18.2 Å². The number of benzene rings is 1. The quantitative estimate of drug-likeness (QED) is 0.843. The van der Waals surface area contributed by atoms with Gasteiger partial charge in [-0.25, -0.2) is 0 Å². The van der Waals surface area contributed by atoms with Gasteiger partial charge in [0.05, 0.1) is 19.3 Å². The van der Waals surface area contributed by atoms with Crippen LogP contribution in [0.3, 0.4) is 0 Å². The highest BCUT2D eigenvalue weighted by atomic mass is 16.5. The highest BCUT2D eigenvalue weighted by Gasteiger charge is 2.42. The lowest BCUT2D eigenvalue weighted by Crippen LogP contribution is -2.52. The summed E-state index contributed by atoms with van der Waals surface area (Å²) in [6.07, 6.45) is 2.60. The summed E-state index contributed by atoms with van der Waals surface area (Å²) in [6.45, 7) is 2.82. The molecule has 110 valence electrons. The molecule has 0 radical (unpaired) electrons. The molecule has 2 fully saturated rings. The molecule has 1 aromatic rings. The largest absolute Gasteiger partial charge is 0.496 e. The second-order valence-corrected chi connectivity index (χ2v) is 5.54. The van der Waals surface area contributed by atoms with E-state index in [9.17, 15) is 0 Å². The Morgan fingerprint density at radius 3 is 2.90 bits per heavy atom. The Labute approximate surface area is 120 Å². The predicted molar refractivity (Wildman–Crippen MR) is 77.0 cm³/mol. The van der Waals surface area contributed by atoms with Crippen LogP contribution in [0.4, 0.5) is 0 Å². The van der Waals surface area contributed by atoms with Crippen LogP contribution in [0.15, 0.2) is 24.3 Å². The average molecular weight is 277 g/mol. The van der Waals surface area contributed by atoms with E-state index < -0.39 is 0 Å². The molecule has 4 nitrogen and oxygen atoms in total. The van der Waals surface area contributed by atoms with E-state index in [0.717, 1.165) is 38.3 Å². The van der Waals surface area contributed by atoms with Gasteiger partial charge in [-0.05, 0) is 18.9 Å². The third kappa shape index (κ3) is 2.55. The van der Waals surface area contributed by atoms with Crippen molar-refractivity contribution in [3.8, 4) is 5.75 Å². The minimum absolute atomic E-state index is 0.225. The molecule has 0 saturated carbocycles. The molecule has 0 bridgehead atoms. The lowest BCUT2D eigenvalue weighted by atomic mass is 9.95. The normalized spacial score (nSPS) is 30.2. The number of para-hydroxylation sites is 1. The van der Waals surface area contributed by atoms with Gasteiger partial charge in [0.15, 0.2) is 0 Å². The summed E-state index contributed by atoms with van der Waals surface area (Å²) in [5, 5.41) is 0. The molecule has 20 heavy (non-hydrogen) atoms. The molecule has 0 aromatic heterocycles. The maximum absolute atomic E-state index is 5.89. The van der Waals surface area contributed by atoms with Crippen LogP contribution in [0.5, 0.6) is 5.75 Å². The Bertz CT molecular complexity index is 451. The fourth-order valence-electron chi connectivity index (χ4n) is 3.47. The fourth-order valence-corrected chi connectivity index (χ4v) is 3.47. The monoisotopic (exact) mass is 277 g/mol. The third-order valence-corrected chi connectivity index (χ3v) is 4.51. The predicted octanol–water partition coefficient (Wildman–Crippen LogP) is 2.07. The third-order valence-electron chi connectivity index (χ3n) is 4.51. The van der Waals surface area contributed by atoms with Crippen LogP contribution in [0.25, 0.3) is 0 Å². The Morgan fingerprint density at radius 2 is 2.10 bits per heavy atom. The van der Waals surface area contributed by atoms with E-state index in [1.165, 1.54) is 5.56 Å². The van der Waals surface area contributed by atoms with Gasteiger partial charge >= 0.3 is 0 Å². The van der Waals surface area contributed by atoms with Crippen LogP contribution in [0, 0.1) is 0 Å². The number of fused-ring (bicyclic) bond motifs is 1. The van der Waals surface area contributed by atoms with Gasteiger partial charge in [-0.2, -0.15) is 0 Å². The molecule has 0 unspecified atom stereocenters. The van der Waals surface area contributed by atoms with Crippen molar-refractivity contribution in [2.45, 2.75) is 37.6 Å². The number of piperidine rings is 1. The van der Waals surface area contributed by atoms with Crippen LogP contribution in [0.1, 0.15) is 18.4 Å². The summed E-state index contributed by atoms with van der Waals surface area (Å²) in [4.78, 5) is 2.52. The summed E-state index contributed by atoms with van der Waals surface area (Å²) in [5.74, 6) is 0.969. The SMILES string of the molecule is COc1ccccc1CN1CC[C@H](OC)[C@H]2OCC[C@@H]21. The molecule has 3 rings (SSSR count). The first-order valence-electron chi connectivity index (χ1n) is 7.34. The van der Waals surface area contributed by atoms with Crippen molar-refractivity contribution in [3.63, 3.8) is 0 Å². The number of hydrogen-bond donors (Lipinski definition) is 0. The van der Waals surface area contributed by atoms with Crippen LogP contribution in [0.2, 0.25) is 0 Å². The molecular weight excluding hydrogens is 254 g/mol. The summed E-state index contributed by atoms with van der Waals surface area (Å²) < 4.78 is 16.9. The van der Waals surface area contributed by atoms with Crippen molar-refractivity contribution < 1.29 is 14.2 Å². The molecule has 3 atom stereocenters. The molecule has 2 heterocycles. The number of likely N-dealkylation sites (tertiary alicyclic amines) is 1. The number of rotatable bonds is 4. The number of hydrogen-bond acceptors (Lipinski definition) is 4. The van der Waals surface area contributed by atoms with Crippen LogP contribution in [-0.2, 0) is 16.0 Å². The average Bonchev–Trinajstić information content (AvgIpc) is 2.98.